The quantitative estimate of drug-likeness (QED) is 0.496. The van der Waals surface area contributed by atoms with Crippen LogP contribution >= 0.6 is 0 Å². The fourth-order valence-electron chi connectivity index (χ4n) is 2.80. The Labute approximate surface area is 186 Å². The van der Waals surface area contributed by atoms with Crippen molar-refractivity contribution in [3.05, 3.63) is 54.6 Å². The SMILES string of the molecule is CC(C)S(=O)(=O)c1ccc(-c2nnc(NC(=O)CCCS(=O)(=O)c3ccccc3)o2)cc1. The normalized spacial score (nSPS) is 12.1. The maximum absolute atomic E-state index is 12.2. The number of sulfone groups is 2. The third-order valence-corrected chi connectivity index (χ3v) is 8.63. The van der Waals surface area contributed by atoms with Gasteiger partial charge in [-0.25, -0.2) is 16.8 Å². The topological polar surface area (TPSA) is 136 Å². The predicted octanol–water partition coefficient (Wildman–Crippen LogP) is 3.11. The molecule has 0 radical (unpaired) electrons. The van der Waals surface area contributed by atoms with E-state index in [4.69, 9.17) is 4.42 Å². The summed E-state index contributed by atoms with van der Waals surface area (Å²) in [5, 5.41) is 9.50. The molecule has 11 heteroatoms. The average molecular weight is 478 g/mol. The van der Waals surface area contributed by atoms with Gasteiger partial charge in [-0.2, -0.15) is 0 Å². The van der Waals surface area contributed by atoms with E-state index in [1.54, 1.807) is 44.2 Å². The van der Waals surface area contributed by atoms with Gasteiger partial charge >= 0.3 is 6.01 Å². The Hall–Kier alpha value is -3.05. The van der Waals surface area contributed by atoms with Gasteiger partial charge in [-0.1, -0.05) is 23.3 Å². The Morgan fingerprint density at radius 2 is 1.59 bits per heavy atom. The Bertz CT molecular complexity index is 1280. The van der Waals surface area contributed by atoms with Crippen molar-refractivity contribution in [1.29, 1.82) is 0 Å². The van der Waals surface area contributed by atoms with Crippen LogP contribution in [0.3, 0.4) is 0 Å². The molecule has 3 aromatic rings. The highest BCUT2D eigenvalue weighted by Crippen LogP contribution is 2.23. The van der Waals surface area contributed by atoms with Gasteiger partial charge in [-0.05, 0) is 56.7 Å². The van der Waals surface area contributed by atoms with Crippen LogP contribution in [0.1, 0.15) is 26.7 Å². The summed E-state index contributed by atoms with van der Waals surface area (Å²) in [6, 6.07) is 13.9. The van der Waals surface area contributed by atoms with Crippen LogP contribution in [0, 0.1) is 0 Å². The van der Waals surface area contributed by atoms with E-state index < -0.39 is 30.8 Å². The van der Waals surface area contributed by atoms with Gasteiger partial charge in [-0.15, -0.1) is 5.10 Å². The molecule has 1 heterocycles. The lowest BCUT2D eigenvalue weighted by Crippen LogP contribution is -2.14. The molecular weight excluding hydrogens is 454 g/mol. The van der Waals surface area contributed by atoms with E-state index in [1.807, 2.05) is 0 Å². The molecule has 1 aromatic heterocycles. The second-order valence-electron chi connectivity index (χ2n) is 7.31. The van der Waals surface area contributed by atoms with Crippen molar-refractivity contribution < 1.29 is 26.0 Å². The van der Waals surface area contributed by atoms with Gasteiger partial charge in [0.2, 0.25) is 11.8 Å². The highest BCUT2D eigenvalue weighted by molar-refractivity contribution is 7.92. The zero-order valence-electron chi connectivity index (χ0n) is 17.6. The number of anilines is 1. The molecule has 0 fully saturated rings. The first-order chi connectivity index (χ1) is 15.1. The van der Waals surface area contributed by atoms with Gasteiger partial charge < -0.3 is 4.42 Å². The lowest BCUT2D eigenvalue weighted by Gasteiger charge is -2.07. The van der Waals surface area contributed by atoms with Gasteiger partial charge in [0, 0.05) is 12.0 Å². The molecule has 0 bridgehead atoms. The fourth-order valence-corrected chi connectivity index (χ4v) is 5.19. The molecule has 0 aliphatic heterocycles. The summed E-state index contributed by atoms with van der Waals surface area (Å²) in [7, 11) is -6.84. The number of nitrogens with zero attached hydrogens (tertiary/aromatic N) is 2. The Morgan fingerprint density at radius 3 is 2.22 bits per heavy atom. The maximum Gasteiger partial charge on any atom is 0.322 e. The van der Waals surface area contributed by atoms with E-state index in [2.05, 4.69) is 15.5 Å². The van der Waals surface area contributed by atoms with Gasteiger partial charge in [0.05, 0.1) is 20.8 Å². The van der Waals surface area contributed by atoms with Crippen LogP contribution in [0.25, 0.3) is 11.5 Å². The standard InChI is InChI=1S/C21H23N3O6S2/c1-15(2)32(28,29)18-12-10-16(11-13-18)20-23-24-21(30-20)22-19(25)9-6-14-31(26,27)17-7-4-3-5-8-17/h3-5,7-8,10-13,15H,6,9,14H2,1-2H3,(H,22,24,25). The van der Waals surface area contributed by atoms with Crippen LogP contribution in [-0.4, -0.2) is 43.9 Å². The van der Waals surface area contributed by atoms with Crippen LogP contribution in [0.2, 0.25) is 0 Å². The molecule has 0 saturated heterocycles. The van der Waals surface area contributed by atoms with E-state index in [9.17, 15) is 21.6 Å². The minimum atomic E-state index is -3.45. The van der Waals surface area contributed by atoms with Gasteiger partial charge in [0.1, 0.15) is 0 Å². The summed E-state index contributed by atoms with van der Waals surface area (Å²) in [5.74, 6) is -0.507. The summed E-state index contributed by atoms with van der Waals surface area (Å²) in [6.45, 7) is 3.21. The summed E-state index contributed by atoms with van der Waals surface area (Å²) < 4.78 is 54.3. The van der Waals surface area contributed by atoms with Gasteiger partial charge in [0.15, 0.2) is 19.7 Å². The molecule has 0 aliphatic rings. The maximum atomic E-state index is 12.2. The largest absolute Gasteiger partial charge is 0.403 e. The first kappa shape index (κ1) is 23.6. The minimum Gasteiger partial charge on any atom is -0.403 e. The van der Waals surface area contributed by atoms with Crippen molar-refractivity contribution in [2.45, 2.75) is 41.7 Å². The number of nitrogens with one attached hydrogen (secondary N) is 1. The van der Waals surface area contributed by atoms with Crippen molar-refractivity contribution >= 4 is 31.6 Å². The van der Waals surface area contributed by atoms with Crippen molar-refractivity contribution in [1.82, 2.24) is 10.2 Å². The van der Waals surface area contributed by atoms with Gasteiger partial charge in [-0.3, -0.25) is 10.1 Å². The average Bonchev–Trinajstić information content (AvgIpc) is 3.22. The number of amides is 1. The first-order valence-corrected chi connectivity index (χ1v) is 13.0. The zero-order valence-corrected chi connectivity index (χ0v) is 19.2. The number of hydrogen-bond acceptors (Lipinski definition) is 8. The van der Waals surface area contributed by atoms with Crippen LogP contribution in [0.5, 0.6) is 0 Å². The number of carbonyl (C=O) groups excluding carboxylic acids is 1. The molecule has 1 amide bonds. The zero-order chi connectivity index (χ0) is 23.4. The lowest BCUT2D eigenvalue weighted by atomic mass is 10.2. The molecule has 9 nitrogen and oxygen atoms in total. The van der Waals surface area contributed by atoms with Crippen LogP contribution in [-0.2, 0) is 24.5 Å². The minimum absolute atomic E-state index is 0.0362. The summed E-state index contributed by atoms with van der Waals surface area (Å²) in [5.41, 5.74) is 0.495. The van der Waals surface area contributed by atoms with E-state index in [-0.39, 0.29) is 40.3 Å². The molecule has 0 unspecified atom stereocenters. The second-order valence-corrected chi connectivity index (χ2v) is 11.9. The monoisotopic (exact) mass is 477 g/mol. The molecule has 0 saturated carbocycles. The number of rotatable bonds is 9. The molecule has 3 rings (SSSR count). The molecular formula is C21H23N3O6S2. The fraction of sp³-hybridized carbons (Fsp3) is 0.286. The van der Waals surface area contributed by atoms with Crippen LogP contribution in [0.15, 0.2) is 68.8 Å². The van der Waals surface area contributed by atoms with Crippen molar-refractivity contribution in [3.8, 4) is 11.5 Å². The Kier molecular flexibility index (Phi) is 7.09. The van der Waals surface area contributed by atoms with Crippen LogP contribution < -0.4 is 5.32 Å². The Balaban J connectivity index is 1.56. The van der Waals surface area contributed by atoms with Crippen molar-refractivity contribution in [3.63, 3.8) is 0 Å². The van der Waals surface area contributed by atoms with E-state index in [0.29, 0.717) is 5.56 Å². The number of aromatic nitrogens is 2. The molecule has 0 aliphatic carbocycles. The Morgan fingerprint density at radius 1 is 0.938 bits per heavy atom. The van der Waals surface area contributed by atoms with Gasteiger partial charge in [0.25, 0.3) is 0 Å². The number of hydrogen-bond donors (Lipinski definition) is 1. The van der Waals surface area contributed by atoms with E-state index >= 15 is 0 Å². The molecule has 0 atom stereocenters. The van der Waals surface area contributed by atoms with E-state index in [1.165, 1.54) is 24.3 Å². The molecule has 0 spiro atoms. The molecule has 32 heavy (non-hydrogen) atoms. The summed E-state index contributed by atoms with van der Waals surface area (Å²) in [6.07, 6.45) is 0.0986. The highest BCUT2D eigenvalue weighted by Gasteiger charge is 2.20. The number of carbonyl (C=O) groups is 1. The molecule has 170 valence electrons. The number of benzene rings is 2. The lowest BCUT2D eigenvalue weighted by molar-refractivity contribution is -0.116. The van der Waals surface area contributed by atoms with Crippen molar-refractivity contribution in [2.75, 3.05) is 11.1 Å². The van der Waals surface area contributed by atoms with Crippen molar-refractivity contribution in [2.24, 2.45) is 0 Å². The van der Waals surface area contributed by atoms with E-state index in [0.717, 1.165) is 0 Å². The predicted molar refractivity (Wildman–Crippen MR) is 118 cm³/mol. The third kappa shape index (κ3) is 5.60. The third-order valence-electron chi connectivity index (χ3n) is 4.64. The first-order valence-electron chi connectivity index (χ1n) is 9.85. The molecule has 2 aromatic carbocycles. The highest BCUT2D eigenvalue weighted by atomic mass is 32.2. The smallest absolute Gasteiger partial charge is 0.322 e. The van der Waals surface area contributed by atoms with Crippen LogP contribution in [0.4, 0.5) is 6.01 Å². The molecule has 1 N–H and O–H groups in total. The summed E-state index contributed by atoms with van der Waals surface area (Å²) in [4.78, 5) is 12.5. The summed E-state index contributed by atoms with van der Waals surface area (Å²) >= 11 is 0. The second kappa shape index (κ2) is 9.61.